The molecular weight excluding hydrogens is 404 g/mol. The van der Waals surface area contributed by atoms with Crippen molar-refractivity contribution in [1.29, 1.82) is 0 Å². The van der Waals surface area contributed by atoms with E-state index in [1.54, 1.807) is 4.90 Å². The minimum atomic E-state index is -0.338. The van der Waals surface area contributed by atoms with Crippen LogP contribution >= 0.6 is 0 Å². The molecule has 0 aliphatic carbocycles. The van der Waals surface area contributed by atoms with Crippen LogP contribution in [-0.4, -0.2) is 54.7 Å². The quantitative estimate of drug-likeness (QED) is 0.518. The third kappa shape index (κ3) is 4.97. The van der Waals surface area contributed by atoms with E-state index in [0.29, 0.717) is 18.7 Å². The Morgan fingerprint density at radius 2 is 1.94 bits per heavy atom. The second-order valence-electron chi connectivity index (χ2n) is 8.15. The van der Waals surface area contributed by atoms with Gasteiger partial charge in [0.25, 0.3) is 5.91 Å². The largest absolute Gasteiger partial charge is 0.469 e. The fourth-order valence-electron chi connectivity index (χ4n) is 4.03. The predicted octanol–water partition coefficient (Wildman–Crippen LogP) is 4.39. The summed E-state index contributed by atoms with van der Waals surface area (Å²) in [5.41, 5.74) is 4.21. The number of carbonyl (C=O) groups excluding carboxylic acids is 2. The van der Waals surface area contributed by atoms with E-state index in [4.69, 9.17) is 14.5 Å². The number of ether oxygens (including phenoxy) is 2. The number of methoxy groups -OCH3 is 1. The molecule has 1 aromatic heterocycles. The van der Waals surface area contributed by atoms with Crippen LogP contribution in [0.25, 0.3) is 22.2 Å². The Balaban J connectivity index is 1.72. The van der Waals surface area contributed by atoms with E-state index in [1.807, 2.05) is 61.5 Å². The van der Waals surface area contributed by atoms with Crippen molar-refractivity contribution in [2.24, 2.45) is 0 Å². The lowest BCUT2D eigenvalue weighted by molar-refractivity contribution is -0.140. The zero-order chi connectivity index (χ0) is 22.5. The molecule has 1 atom stereocenters. The molecule has 4 rings (SSSR count). The van der Waals surface area contributed by atoms with Crippen LogP contribution < -0.4 is 0 Å². The number of esters is 1. The van der Waals surface area contributed by atoms with Gasteiger partial charge in [-0.05, 0) is 31.9 Å². The van der Waals surface area contributed by atoms with Gasteiger partial charge in [0, 0.05) is 30.6 Å². The van der Waals surface area contributed by atoms with Gasteiger partial charge < -0.3 is 14.4 Å². The highest BCUT2D eigenvalue weighted by Crippen LogP contribution is 2.27. The van der Waals surface area contributed by atoms with Gasteiger partial charge >= 0.3 is 5.97 Å². The fourth-order valence-corrected chi connectivity index (χ4v) is 4.03. The van der Waals surface area contributed by atoms with E-state index in [0.717, 1.165) is 40.6 Å². The number of rotatable bonds is 7. The van der Waals surface area contributed by atoms with Crippen LogP contribution in [-0.2, 0) is 14.3 Å². The molecule has 6 heteroatoms. The van der Waals surface area contributed by atoms with Gasteiger partial charge in [0.1, 0.15) is 0 Å². The standard InChI is InChI=1S/C26H28N2O4/c1-18-9-11-19(12-10-18)24-16-22(21-7-3-4-8-23(21)27-24)26(30)28(14-13-25(29)31-2)17-20-6-5-15-32-20/h3-4,7-12,16,20H,5-6,13-15,17H2,1-2H3. The molecule has 1 aliphatic rings. The maximum absolute atomic E-state index is 13.8. The van der Waals surface area contributed by atoms with Gasteiger partial charge in [-0.25, -0.2) is 4.98 Å². The van der Waals surface area contributed by atoms with Crippen LogP contribution in [0.1, 0.15) is 35.2 Å². The van der Waals surface area contributed by atoms with Crippen molar-refractivity contribution in [2.45, 2.75) is 32.3 Å². The Hall–Kier alpha value is -3.25. The van der Waals surface area contributed by atoms with E-state index in [9.17, 15) is 9.59 Å². The van der Waals surface area contributed by atoms with Crippen LogP contribution in [0.5, 0.6) is 0 Å². The number of amides is 1. The summed E-state index contributed by atoms with van der Waals surface area (Å²) >= 11 is 0. The van der Waals surface area contributed by atoms with Gasteiger partial charge in [0.05, 0.1) is 36.4 Å². The second kappa shape index (κ2) is 9.92. The Morgan fingerprint density at radius 3 is 2.66 bits per heavy atom. The Bertz CT molecular complexity index is 1100. The highest BCUT2D eigenvalue weighted by Gasteiger charge is 2.26. The van der Waals surface area contributed by atoms with Gasteiger partial charge in [-0.15, -0.1) is 0 Å². The molecule has 1 unspecified atom stereocenters. The van der Waals surface area contributed by atoms with Gasteiger partial charge in [-0.1, -0.05) is 48.0 Å². The molecule has 0 radical (unpaired) electrons. The number of para-hydroxylation sites is 1. The third-order valence-electron chi connectivity index (χ3n) is 5.84. The summed E-state index contributed by atoms with van der Waals surface area (Å²) in [7, 11) is 1.36. The number of hydrogen-bond acceptors (Lipinski definition) is 5. The fraction of sp³-hybridized carbons (Fsp3) is 0.346. The Morgan fingerprint density at radius 1 is 1.16 bits per heavy atom. The molecular formula is C26H28N2O4. The molecule has 166 valence electrons. The second-order valence-corrected chi connectivity index (χ2v) is 8.15. The van der Waals surface area contributed by atoms with Crippen LogP contribution in [0.4, 0.5) is 0 Å². The number of benzene rings is 2. The molecule has 2 aromatic carbocycles. The predicted molar refractivity (Wildman–Crippen MR) is 123 cm³/mol. The van der Waals surface area contributed by atoms with Crippen LogP contribution in [0.2, 0.25) is 0 Å². The SMILES string of the molecule is COC(=O)CCN(CC1CCCO1)C(=O)c1cc(-c2ccc(C)cc2)nc2ccccc12. The average molecular weight is 433 g/mol. The maximum atomic E-state index is 13.8. The number of nitrogens with zero attached hydrogens (tertiary/aromatic N) is 2. The number of pyridine rings is 1. The summed E-state index contributed by atoms with van der Waals surface area (Å²) in [5.74, 6) is -0.466. The van der Waals surface area contributed by atoms with E-state index >= 15 is 0 Å². The smallest absolute Gasteiger partial charge is 0.307 e. The van der Waals surface area contributed by atoms with Crippen LogP contribution in [0, 0.1) is 6.92 Å². The first kappa shape index (κ1) is 22.0. The van der Waals surface area contributed by atoms with E-state index in [2.05, 4.69) is 0 Å². The zero-order valence-corrected chi connectivity index (χ0v) is 18.5. The van der Waals surface area contributed by atoms with Crippen molar-refractivity contribution in [1.82, 2.24) is 9.88 Å². The van der Waals surface area contributed by atoms with Gasteiger partial charge in [0.2, 0.25) is 0 Å². The zero-order valence-electron chi connectivity index (χ0n) is 18.5. The number of carbonyl (C=O) groups is 2. The molecule has 6 nitrogen and oxygen atoms in total. The maximum Gasteiger partial charge on any atom is 0.307 e. The Labute approximate surface area is 188 Å². The molecule has 1 fully saturated rings. The normalized spacial score (nSPS) is 15.6. The van der Waals surface area contributed by atoms with Crippen molar-refractivity contribution < 1.29 is 19.1 Å². The lowest BCUT2D eigenvalue weighted by Crippen LogP contribution is -2.39. The number of hydrogen-bond donors (Lipinski definition) is 0. The summed E-state index contributed by atoms with van der Waals surface area (Å²) in [6.07, 6.45) is 2.02. The van der Waals surface area contributed by atoms with Crippen molar-refractivity contribution in [3.8, 4) is 11.3 Å². The van der Waals surface area contributed by atoms with Gasteiger partial charge in [-0.2, -0.15) is 0 Å². The molecule has 1 saturated heterocycles. The minimum absolute atomic E-state index is 0.0127. The summed E-state index contributed by atoms with van der Waals surface area (Å²) in [5, 5.41) is 0.795. The number of aromatic nitrogens is 1. The van der Waals surface area contributed by atoms with Gasteiger partial charge in [0.15, 0.2) is 0 Å². The molecule has 0 saturated carbocycles. The topological polar surface area (TPSA) is 68.7 Å². The summed E-state index contributed by atoms with van der Waals surface area (Å²) in [6.45, 7) is 3.48. The lowest BCUT2D eigenvalue weighted by Gasteiger charge is -2.26. The first-order chi connectivity index (χ1) is 15.5. The number of aryl methyl sites for hydroxylation is 1. The molecule has 2 heterocycles. The van der Waals surface area contributed by atoms with Gasteiger partial charge in [-0.3, -0.25) is 9.59 Å². The summed E-state index contributed by atoms with van der Waals surface area (Å²) in [6, 6.07) is 17.6. The first-order valence-electron chi connectivity index (χ1n) is 11.0. The lowest BCUT2D eigenvalue weighted by atomic mass is 10.0. The van der Waals surface area contributed by atoms with E-state index < -0.39 is 0 Å². The average Bonchev–Trinajstić information content (AvgIpc) is 3.34. The van der Waals surface area contributed by atoms with Crippen molar-refractivity contribution in [2.75, 3.05) is 26.8 Å². The van der Waals surface area contributed by atoms with Crippen molar-refractivity contribution >= 4 is 22.8 Å². The monoisotopic (exact) mass is 432 g/mol. The summed E-state index contributed by atoms with van der Waals surface area (Å²) in [4.78, 5) is 32.1. The molecule has 0 spiro atoms. The molecule has 32 heavy (non-hydrogen) atoms. The van der Waals surface area contributed by atoms with Crippen molar-refractivity contribution in [3.05, 3.63) is 65.7 Å². The molecule has 0 N–H and O–H groups in total. The van der Waals surface area contributed by atoms with E-state index in [-0.39, 0.29) is 30.9 Å². The molecule has 0 bridgehead atoms. The molecule has 3 aromatic rings. The highest BCUT2D eigenvalue weighted by molar-refractivity contribution is 6.07. The van der Waals surface area contributed by atoms with E-state index in [1.165, 1.54) is 7.11 Å². The van der Waals surface area contributed by atoms with Crippen molar-refractivity contribution in [3.63, 3.8) is 0 Å². The van der Waals surface area contributed by atoms with Crippen LogP contribution in [0.15, 0.2) is 54.6 Å². The number of fused-ring (bicyclic) bond motifs is 1. The van der Waals surface area contributed by atoms with Crippen LogP contribution in [0.3, 0.4) is 0 Å². The molecule has 1 amide bonds. The molecule has 1 aliphatic heterocycles. The summed E-state index contributed by atoms with van der Waals surface area (Å²) < 4.78 is 10.6. The Kier molecular flexibility index (Phi) is 6.81. The first-order valence-corrected chi connectivity index (χ1v) is 11.0. The highest BCUT2D eigenvalue weighted by atomic mass is 16.5. The third-order valence-corrected chi connectivity index (χ3v) is 5.84. The minimum Gasteiger partial charge on any atom is -0.469 e.